The standard InChI is InChI=1S/C17H34NO5/c1-7-14(16(20)22-6)12-15(11-13(2)19)17(21)23-10-8-9-18(3,4)5/h13-15,19H,7-12H2,1-6H3/q+1. The van der Waals surface area contributed by atoms with Gasteiger partial charge in [-0.25, -0.2) is 0 Å². The summed E-state index contributed by atoms with van der Waals surface area (Å²) in [6, 6.07) is 0. The first kappa shape index (κ1) is 21.9. The number of aliphatic hydroxyl groups excluding tert-OH is 1. The van der Waals surface area contributed by atoms with Crippen LogP contribution < -0.4 is 0 Å². The molecule has 0 aliphatic rings. The van der Waals surface area contributed by atoms with Gasteiger partial charge in [0.1, 0.15) is 0 Å². The van der Waals surface area contributed by atoms with E-state index in [0.717, 1.165) is 17.4 Å². The molecule has 0 aromatic carbocycles. The second-order valence-corrected chi connectivity index (χ2v) is 7.18. The Labute approximate surface area is 140 Å². The van der Waals surface area contributed by atoms with E-state index < -0.39 is 12.0 Å². The van der Waals surface area contributed by atoms with Crippen molar-refractivity contribution in [3.8, 4) is 0 Å². The average molecular weight is 332 g/mol. The van der Waals surface area contributed by atoms with E-state index in [1.807, 2.05) is 6.92 Å². The van der Waals surface area contributed by atoms with Crippen LogP contribution in [0.5, 0.6) is 0 Å². The molecule has 0 saturated carbocycles. The lowest BCUT2D eigenvalue weighted by Crippen LogP contribution is -2.36. The van der Waals surface area contributed by atoms with Crippen LogP contribution in [-0.4, -0.2) is 69.0 Å². The van der Waals surface area contributed by atoms with Crippen LogP contribution in [0.25, 0.3) is 0 Å². The van der Waals surface area contributed by atoms with E-state index in [1.54, 1.807) is 6.92 Å². The normalized spacial score (nSPS) is 15.6. The van der Waals surface area contributed by atoms with Crippen LogP contribution in [0.15, 0.2) is 0 Å². The van der Waals surface area contributed by atoms with Crippen molar-refractivity contribution in [2.24, 2.45) is 11.8 Å². The van der Waals surface area contributed by atoms with Gasteiger partial charge >= 0.3 is 11.9 Å². The molecule has 3 unspecified atom stereocenters. The summed E-state index contributed by atoms with van der Waals surface area (Å²) in [5.41, 5.74) is 0. The van der Waals surface area contributed by atoms with Crippen LogP contribution in [-0.2, 0) is 19.1 Å². The number of esters is 2. The number of carbonyl (C=O) groups is 2. The molecule has 0 bridgehead atoms. The van der Waals surface area contributed by atoms with Gasteiger partial charge in [0.2, 0.25) is 0 Å². The Morgan fingerprint density at radius 3 is 2.13 bits per heavy atom. The average Bonchev–Trinajstić information content (AvgIpc) is 2.45. The van der Waals surface area contributed by atoms with Gasteiger partial charge in [0.25, 0.3) is 0 Å². The van der Waals surface area contributed by atoms with Crippen LogP contribution in [0.1, 0.15) is 39.5 Å². The summed E-state index contributed by atoms with van der Waals surface area (Å²) in [7, 11) is 7.60. The van der Waals surface area contributed by atoms with Crippen molar-refractivity contribution in [3.05, 3.63) is 0 Å². The van der Waals surface area contributed by atoms with E-state index in [1.165, 1.54) is 7.11 Å². The lowest BCUT2D eigenvalue weighted by molar-refractivity contribution is -0.870. The highest BCUT2D eigenvalue weighted by atomic mass is 16.5. The SMILES string of the molecule is CCC(CC(CC(C)O)C(=O)OCCC[N+](C)(C)C)C(=O)OC. The van der Waals surface area contributed by atoms with E-state index in [0.29, 0.717) is 25.9 Å². The predicted octanol–water partition coefficient (Wildman–Crippen LogP) is 1.60. The Hall–Kier alpha value is -1.14. The molecule has 0 aliphatic carbocycles. The van der Waals surface area contributed by atoms with Gasteiger partial charge < -0.3 is 19.1 Å². The van der Waals surface area contributed by atoms with E-state index in [-0.39, 0.29) is 17.9 Å². The predicted molar refractivity (Wildman–Crippen MR) is 88.7 cm³/mol. The second kappa shape index (κ2) is 10.6. The summed E-state index contributed by atoms with van der Waals surface area (Å²) in [5.74, 6) is -1.48. The molecule has 0 aliphatic heterocycles. The second-order valence-electron chi connectivity index (χ2n) is 7.18. The minimum Gasteiger partial charge on any atom is -0.469 e. The molecule has 0 radical (unpaired) electrons. The van der Waals surface area contributed by atoms with Crippen molar-refractivity contribution in [3.63, 3.8) is 0 Å². The lowest BCUT2D eigenvalue weighted by atomic mass is 9.89. The largest absolute Gasteiger partial charge is 0.469 e. The number of hydrogen-bond donors (Lipinski definition) is 1. The zero-order chi connectivity index (χ0) is 18.0. The lowest BCUT2D eigenvalue weighted by Gasteiger charge is -2.24. The number of ether oxygens (including phenoxy) is 2. The minimum absolute atomic E-state index is 0.293. The molecular formula is C17H34NO5+. The van der Waals surface area contributed by atoms with Gasteiger partial charge in [-0.3, -0.25) is 9.59 Å². The summed E-state index contributed by atoms with van der Waals surface area (Å²) in [6.45, 7) is 4.79. The summed E-state index contributed by atoms with van der Waals surface area (Å²) >= 11 is 0. The fraction of sp³-hybridized carbons (Fsp3) is 0.882. The maximum Gasteiger partial charge on any atom is 0.309 e. The number of rotatable bonds is 11. The van der Waals surface area contributed by atoms with E-state index in [9.17, 15) is 14.7 Å². The number of carbonyl (C=O) groups excluding carboxylic acids is 2. The first-order chi connectivity index (χ1) is 10.6. The first-order valence-corrected chi connectivity index (χ1v) is 8.33. The Morgan fingerprint density at radius 1 is 1.09 bits per heavy atom. The van der Waals surface area contributed by atoms with Crippen LogP contribution in [0.4, 0.5) is 0 Å². The summed E-state index contributed by atoms with van der Waals surface area (Å²) in [5, 5.41) is 9.60. The summed E-state index contributed by atoms with van der Waals surface area (Å²) in [4.78, 5) is 24.0. The molecule has 0 saturated heterocycles. The fourth-order valence-corrected chi connectivity index (χ4v) is 2.47. The molecule has 6 nitrogen and oxygen atoms in total. The van der Waals surface area contributed by atoms with Crippen LogP contribution in [0.2, 0.25) is 0 Å². The third kappa shape index (κ3) is 10.3. The minimum atomic E-state index is -0.617. The molecule has 0 rings (SSSR count). The molecule has 6 heteroatoms. The molecule has 1 N–H and O–H groups in total. The van der Waals surface area contributed by atoms with Crippen LogP contribution in [0.3, 0.4) is 0 Å². The first-order valence-electron chi connectivity index (χ1n) is 8.33. The van der Waals surface area contributed by atoms with E-state index >= 15 is 0 Å². The Kier molecular flexibility index (Phi) is 10.1. The highest BCUT2D eigenvalue weighted by Crippen LogP contribution is 2.23. The smallest absolute Gasteiger partial charge is 0.309 e. The van der Waals surface area contributed by atoms with Gasteiger partial charge in [-0.05, 0) is 26.2 Å². The van der Waals surface area contributed by atoms with Crippen molar-refractivity contribution >= 4 is 11.9 Å². The van der Waals surface area contributed by atoms with Crippen molar-refractivity contribution in [2.45, 2.75) is 45.6 Å². The van der Waals surface area contributed by atoms with Crippen molar-refractivity contribution in [1.29, 1.82) is 0 Å². The molecule has 23 heavy (non-hydrogen) atoms. The summed E-state index contributed by atoms with van der Waals surface area (Å²) < 4.78 is 10.9. The topological polar surface area (TPSA) is 72.8 Å². The van der Waals surface area contributed by atoms with E-state index in [2.05, 4.69) is 21.1 Å². The highest BCUT2D eigenvalue weighted by molar-refractivity contribution is 5.76. The quantitative estimate of drug-likeness (QED) is 0.353. The van der Waals surface area contributed by atoms with Gasteiger partial charge in [-0.1, -0.05) is 6.92 Å². The monoisotopic (exact) mass is 332 g/mol. The number of nitrogens with zero attached hydrogens (tertiary/aromatic N) is 1. The summed E-state index contributed by atoms with van der Waals surface area (Å²) in [6.07, 6.45) is 1.40. The molecular weight excluding hydrogens is 298 g/mol. The molecule has 3 atom stereocenters. The number of hydrogen-bond acceptors (Lipinski definition) is 5. The number of quaternary nitrogens is 1. The zero-order valence-electron chi connectivity index (χ0n) is 15.5. The van der Waals surface area contributed by atoms with Gasteiger partial charge in [0, 0.05) is 6.42 Å². The molecule has 0 fully saturated rings. The third-order valence-corrected chi connectivity index (χ3v) is 3.77. The zero-order valence-corrected chi connectivity index (χ0v) is 15.5. The molecule has 0 heterocycles. The van der Waals surface area contributed by atoms with Gasteiger partial charge in [-0.15, -0.1) is 0 Å². The number of methoxy groups -OCH3 is 1. The van der Waals surface area contributed by atoms with E-state index in [4.69, 9.17) is 9.47 Å². The maximum atomic E-state index is 12.3. The number of aliphatic hydroxyl groups is 1. The molecule has 0 spiro atoms. The maximum absolute atomic E-state index is 12.3. The van der Waals surface area contributed by atoms with Crippen LogP contribution >= 0.6 is 0 Å². The Bertz CT molecular complexity index is 362. The Morgan fingerprint density at radius 2 is 1.70 bits per heavy atom. The van der Waals surface area contributed by atoms with Gasteiger partial charge in [0.15, 0.2) is 0 Å². The van der Waals surface area contributed by atoms with Gasteiger partial charge in [0.05, 0.1) is 59.3 Å². The molecule has 136 valence electrons. The van der Waals surface area contributed by atoms with Crippen molar-refractivity contribution < 1.29 is 28.7 Å². The highest BCUT2D eigenvalue weighted by Gasteiger charge is 2.29. The fourth-order valence-electron chi connectivity index (χ4n) is 2.47. The molecule has 0 amide bonds. The molecule has 0 aromatic rings. The third-order valence-electron chi connectivity index (χ3n) is 3.77. The van der Waals surface area contributed by atoms with Crippen molar-refractivity contribution in [2.75, 3.05) is 41.4 Å². The Balaban J connectivity index is 4.57. The van der Waals surface area contributed by atoms with Crippen LogP contribution in [0, 0.1) is 11.8 Å². The molecule has 0 aromatic heterocycles. The van der Waals surface area contributed by atoms with Crippen molar-refractivity contribution in [1.82, 2.24) is 0 Å². The van der Waals surface area contributed by atoms with Gasteiger partial charge in [-0.2, -0.15) is 0 Å².